The third kappa shape index (κ3) is 5.43. The summed E-state index contributed by atoms with van der Waals surface area (Å²) in [4.78, 5) is 17.1. The van der Waals surface area contributed by atoms with Crippen LogP contribution in [0.2, 0.25) is 0 Å². The fourth-order valence-electron chi connectivity index (χ4n) is 5.04. The summed E-state index contributed by atoms with van der Waals surface area (Å²) in [5, 5.41) is 7.15. The largest absolute Gasteiger partial charge is 0.357 e. The van der Waals surface area contributed by atoms with Crippen LogP contribution >= 0.6 is 0 Å². The molecule has 1 saturated carbocycles. The fraction of sp³-hybridized carbons (Fsp3) is 0.739. The van der Waals surface area contributed by atoms with Gasteiger partial charge in [0.05, 0.1) is 6.54 Å². The van der Waals surface area contributed by atoms with Gasteiger partial charge in [-0.15, -0.1) is 0 Å². The molecule has 0 bridgehead atoms. The zero-order valence-corrected chi connectivity index (χ0v) is 18.8. The quantitative estimate of drug-likeness (QED) is 0.549. The Morgan fingerprint density at radius 1 is 1.13 bits per heavy atom. The predicted octanol–water partition coefficient (Wildman–Crippen LogP) is 1.91. The average molecular weight is 414 g/mol. The minimum Gasteiger partial charge on any atom is -0.357 e. The molecule has 2 saturated heterocycles. The molecule has 0 radical (unpaired) electrons. The van der Waals surface area contributed by atoms with Crippen LogP contribution < -0.4 is 15.5 Å². The van der Waals surface area contributed by atoms with Gasteiger partial charge in [0.25, 0.3) is 0 Å². The van der Waals surface area contributed by atoms with E-state index in [1.807, 2.05) is 12.3 Å². The van der Waals surface area contributed by atoms with Crippen molar-refractivity contribution in [3.05, 3.63) is 23.9 Å². The molecule has 0 aromatic carbocycles. The summed E-state index contributed by atoms with van der Waals surface area (Å²) >= 11 is 0. The third-order valence-electron chi connectivity index (χ3n) is 6.82. The van der Waals surface area contributed by atoms with Crippen molar-refractivity contribution in [2.75, 3.05) is 57.8 Å². The minimum atomic E-state index is 0.495. The number of hydrogen-bond donors (Lipinski definition) is 2. The third-order valence-corrected chi connectivity index (χ3v) is 6.82. The lowest BCUT2D eigenvalue weighted by Crippen LogP contribution is -2.45. The number of piperazine rings is 1. The van der Waals surface area contributed by atoms with E-state index < -0.39 is 0 Å². The van der Waals surface area contributed by atoms with Crippen molar-refractivity contribution >= 4 is 11.8 Å². The standard InChI is InChI=1S/C23H39N7/c1-3-24-23(27-20-10-12-30(18-20)21-8-4-5-9-21)26-17-19-7-6-11-25-22(19)29-15-13-28(2)14-16-29/h6-7,11,20-21H,3-5,8-10,12-18H2,1-2H3,(H2,24,26,27). The second-order valence-corrected chi connectivity index (χ2v) is 9.03. The topological polar surface area (TPSA) is 59.0 Å². The van der Waals surface area contributed by atoms with Crippen molar-refractivity contribution in [2.45, 2.75) is 57.7 Å². The van der Waals surface area contributed by atoms with E-state index in [0.717, 1.165) is 57.1 Å². The molecule has 7 nitrogen and oxygen atoms in total. The molecule has 4 rings (SSSR count). The van der Waals surface area contributed by atoms with Crippen LogP contribution in [0, 0.1) is 0 Å². The van der Waals surface area contributed by atoms with Crippen molar-refractivity contribution < 1.29 is 0 Å². The zero-order valence-electron chi connectivity index (χ0n) is 18.8. The van der Waals surface area contributed by atoms with Gasteiger partial charge in [-0.2, -0.15) is 0 Å². The number of hydrogen-bond acceptors (Lipinski definition) is 5. The summed E-state index contributed by atoms with van der Waals surface area (Å²) in [5.41, 5.74) is 1.21. The van der Waals surface area contributed by atoms with Gasteiger partial charge in [0.2, 0.25) is 0 Å². The van der Waals surface area contributed by atoms with Crippen molar-refractivity contribution in [3.63, 3.8) is 0 Å². The van der Waals surface area contributed by atoms with Crippen LogP contribution in [0.25, 0.3) is 0 Å². The number of aliphatic imine (C=N–C) groups is 1. The van der Waals surface area contributed by atoms with Gasteiger partial charge in [-0.3, -0.25) is 4.90 Å². The van der Waals surface area contributed by atoms with Crippen molar-refractivity contribution in [2.24, 2.45) is 4.99 Å². The van der Waals surface area contributed by atoms with Gasteiger partial charge >= 0.3 is 0 Å². The SMILES string of the molecule is CCNC(=NCc1cccnc1N1CCN(C)CC1)NC1CCN(C2CCCC2)C1. The lowest BCUT2D eigenvalue weighted by molar-refractivity contribution is 0.242. The fourth-order valence-corrected chi connectivity index (χ4v) is 5.04. The summed E-state index contributed by atoms with van der Waals surface area (Å²) < 4.78 is 0. The van der Waals surface area contributed by atoms with Gasteiger partial charge in [-0.1, -0.05) is 18.9 Å². The molecule has 0 spiro atoms. The molecule has 7 heteroatoms. The van der Waals surface area contributed by atoms with E-state index >= 15 is 0 Å². The normalized spacial score (nSPS) is 24.5. The van der Waals surface area contributed by atoms with Gasteiger partial charge in [-0.05, 0) is 39.3 Å². The molecule has 1 aromatic rings. The second kappa shape index (κ2) is 10.4. The Labute approximate surface area is 181 Å². The van der Waals surface area contributed by atoms with E-state index in [1.54, 1.807) is 0 Å². The van der Waals surface area contributed by atoms with Crippen molar-refractivity contribution in [1.29, 1.82) is 0 Å². The van der Waals surface area contributed by atoms with E-state index in [4.69, 9.17) is 9.98 Å². The minimum absolute atomic E-state index is 0.495. The number of aromatic nitrogens is 1. The number of rotatable bonds is 6. The first-order valence-corrected chi connectivity index (χ1v) is 11.9. The molecule has 1 aromatic heterocycles. The Morgan fingerprint density at radius 2 is 1.93 bits per heavy atom. The van der Waals surface area contributed by atoms with E-state index in [1.165, 1.54) is 44.2 Å². The molecule has 3 heterocycles. The lowest BCUT2D eigenvalue weighted by atomic mass is 10.2. The molecule has 0 amide bonds. The maximum Gasteiger partial charge on any atom is 0.191 e. The molecule has 166 valence electrons. The Morgan fingerprint density at radius 3 is 2.70 bits per heavy atom. The first-order chi connectivity index (χ1) is 14.7. The van der Waals surface area contributed by atoms with Gasteiger partial charge in [0.15, 0.2) is 5.96 Å². The monoisotopic (exact) mass is 413 g/mol. The molecule has 1 aliphatic carbocycles. The Kier molecular flexibility index (Phi) is 7.44. The number of nitrogens with one attached hydrogen (secondary N) is 2. The van der Waals surface area contributed by atoms with Crippen LogP contribution in [0.4, 0.5) is 5.82 Å². The van der Waals surface area contributed by atoms with E-state index in [-0.39, 0.29) is 0 Å². The average Bonchev–Trinajstić information content (AvgIpc) is 3.45. The van der Waals surface area contributed by atoms with Crippen molar-refractivity contribution in [3.8, 4) is 0 Å². The second-order valence-electron chi connectivity index (χ2n) is 9.03. The summed E-state index contributed by atoms with van der Waals surface area (Å²) in [6, 6.07) is 5.51. The summed E-state index contributed by atoms with van der Waals surface area (Å²) in [7, 11) is 2.19. The highest BCUT2D eigenvalue weighted by Crippen LogP contribution is 2.26. The Bertz CT molecular complexity index is 693. The highest BCUT2D eigenvalue weighted by Gasteiger charge is 2.30. The van der Waals surface area contributed by atoms with Crippen LogP contribution in [0.3, 0.4) is 0 Å². The maximum absolute atomic E-state index is 4.94. The van der Waals surface area contributed by atoms with Crippen molar-refractivity contribution in [1.82, 2.24) is 25.4 Å². The lowest BCUT2D eigenvalue weighted by Gasteiger charge is -2.34. The molecular weight excluding hydrogens is 374 g/mol. The highest BCUT2D eigenvalue weighted by molar-refractivity contribution is 5.80. The Balaban J connectivity index is 1.37. The maximum atomic E-state index is 4.94. The molecule has 1 atom stereocenters. The van der Waals surface area contributed by atoms with Gasteiger partial charge in [-0.25, -0.2) is 9.98 Å². The molecule has 2 aliphatic heterocycles. The number of likely N-dealkylation sites (tertiary alicyclic amines) is 1. The van der Waals surface area contributed by atoms with E-state index in [2.05, 4.69) is 45.4 Å². The van der Waals surface area contributed by atoms with Gasteiger partial charge in [0.1, 0.15) is 5.82 Å². The summed E-state index contributed by atoms with van der Waals surface area (Å²) in [6.07, 6.45) is 8.70. The first kappa shape index (κ1) is 21.4. The Hall–Kier alpha value is -1.86. The van der Waals surface area contributed by atoms with Crippen LogP contribution in [0.5, 0.6) is 0 Å². The molecule has 3 fully saturated rings. The van der Waals surface area contributed by atoms with Gasteiger partial charge in [0, 0.05) is 69.7 Å². The highest BCUT2D eigenvalue weighted by atomic mass is 15.3. The number of guanidine groups is 1. The number of nitrogens with zero attached hydrogens (tertiary/aromatic N) is 5. The molecule has 2 N–H and O–H groups in total. The van der Waals surface area contributed by atoms with Crippen LogP contribution in [-0.2, 0) is 6.54 Å². The number of likely N-dealkylation sites (N-methyl/N-ethyl adjacent to an activating group) is 1. The smallest absolute Gasteiger partial charge is 0.191 e. The van der Waals surface area contributed by atoms with Crippen LogP contribution in [0.1, 0.15) is 44.6 Å². The van der Waals surface area contributed by atoms with Crippen LogP contribution in [0.15, 0.2) is 23.3 Å². The predicted molar refractivity (Wildman–Crippen MR) is 124 cm³/mol. The molecule has 1 unspecified atom stereocenters. The number of anilines is 1. The number of pyridine rings is 1. The molecule has 30 heavy (non-hydrogen) atoms. The summed E-state index contributed by atoms with van der Waals surface area (Å²) in [6.45, 7) is 10.3. The zero-order chi connectivity index (χ0) is 20.8. The van der Waals surface area contributed by atoms with Crippen LogP contribution in [-0.4, -0.2) is 85.7 Å². The van der Waals surface area contributed by atoms with Gasteiger partial charge < -0.3 is 20.4 Å². The van der Waals surface area contributed by atoms with E-state index in [9.17, 15) is 0 Å². The molecule has 3 aliphatic rings. The van der Waals surface area contributed by atoms with E-state index in [0.29, 0.717) is 12.6 Å². The first-order valence-electron chi connectivity index (χ1n) is 11.9. The molecular formula is C23H39N7. The summed E-state index contributed by atoms with van der Waals surface area (Å²) in [5.74, 6) is 2.03.